The molecule has 0 bridgehead atoms. The van der Waals surface area contributed by atoms with Gasteiger partial charge in [-0.2, -0.15) is 9.90 Å². The summed E-state index contributed by atoms with van der Waals surface area (Å²) >= 11 is 0. The standard InChI is InChI=1S/C18H24N4O5/c1-4-9-21(12-16(23)24)18(25)17-13(2)19-22(20-17)14-5-7-15(8-6-14)27-11-10-26-3/h5-8H,4,9-12H2,1-3H3,(H,23,24). The Morgan fingerprint density at radius 2 is 1.89 bits per heavy atom. The summed E-state index contributed by atoms with van der Waals surface area (Å²) in [5, 5.41) is 17.5. The zero-order chi connectivity index (χ0) is 19.8. The first-order valence-electron chi connectivity index (χ1n) is 8.63. The molecule has 1 heterocycles. The quantitative estimate of drug-likeness (QED) is 0.627. The van der Waals surface area contributed by atoms with Crippen molar-refractivity contribution in [2.24, 2.45) is 0 Å². The number of aliphatic carboxylic acids is 1. The molecule has 9 heteroatoms. The van der Waals surface area contributed by atoms with Crippen molar-refractivity contribution in [3.8, 4) is 11.4 Å². The third-order valence-corrected chi connectivity index (χ3v) is 3.72. The molecule has 0 saturated carbocycles. The highest BCUT2D eigenvalue weighted by Gasteiger charge is 2.23. The second kappa shape index (κ2) is 9.67. The van der Waals surface area contributed by atoms with Gasteiger partial charge in [0.05, 0.1) is 18.0 Å². The lowest BCUT2D eigenvalue weighted by Gasteiger charge is -2.18. The minimum atomic E-state index is -1.06. The van der Waals surface area contributed by atoms with Crippen LogP contribution in [0.1, 0.15) is 29.5 Å². The Morgan fingerprint density at radius 3 is 2.48 bits per heavy atom. The number of amides is 1. The number of hydrogen-bond acceptors (Lipinski definition) is 6. The number of carbonyl (C=O) groups is 2. The Labute approximate surface area is 157 Å². The fourth-order valence-corrected chi connectivity index (χ4v) is 2.45. The number of carbonyl (C=O) groups excluding carboxylic acids is 1. The van der Waals surface area contributed by atoms with E-state index in [-0.39, 0.29) is 12.2 Å². The van der Waals surface area contributed by atoms with Crippen LogP contribution < -0.4 is 4.74 Å². The van der Waals surface area contributed by atoms with E-state index in [9.17, 15) is 9.59 Å². The Morgan fingerprint density at radius 1 is 1.19 bits per heavy atom. The Kier molecular flexibility index (Phi) is 7.30. The van der Waals surface area contributed by atoms with Crippen molar-refractivity contribution in [3.63, 3.8) is 0 Å². The second-order valence-electron chi connectivity index (χ2n) is 5.88. The van der Waals surface area contributed by atoms with E-state index in [0.29, 0.717) is 43.3 Å². The van der Waals surface area contributed by atoms with E-state index >= 15 is 0 Å². The molecule has 0 fully saturated rings. The van der Waals surface area contributed by atoms with Crippen molar-refractivity contribution in [2.45, 2.75) is 20.3 Å². The predicted octanol–water partition coefficient (Wildman–Crippen LogP) is 1.54. The average molecular weight is 376 g/mol. The van der Waals surface area contributed by atoms with E-state index in [2.05, 4.69) is 10.2 Å². The summed E-state index contributed by atoms with van der Waals surface area (Å²) in [6, 6.07) is 7.10. The summed E-state index contributed by atoms with van der Waals surface area (Å²) in [7, 11) is 1.61. The molecule has 0 atom stereocenters. The fourth-order valence-electron chi connectivity index (χ4n) is 2.45. The number of rotatable bonds is 10. The van der Waals surface area contributed by atoms with Crippen molar-refractivity contribution in [3.05, 3.63) is 35.7 Å². The van der Waals surface area contributed by atoms with Crippen LogP contribution in [0.15, 0.2) is 24.3 Å². The number of carboxylic acid groups (broad SMARTS) is 1. The summed E-state index contributed by atoms with van der Waals surface area (Å²) in [4.78, 5) is 26.3. The number of aryl methyl sites for hydroxylation is 1. The van der Waals surface area contributed by atoms with Gasteiger partial charge in [0.1, 0.15) is 18.9 Å². The summed E-state index contributed by atoms with van der Waals surface area (Å²) < 4.78 is 10.4. The van der Waals surface area contributed by atoms with Crippen LogP contribution in [-0.4, -0.2) is 70.3 Å². The van der Waals surface area contributed by atoms with Crippen LogP contribution in [0.5, 0.6) is 5.75 Å². The molecule has 27 heavy (non-hydrogen) atoms. The topological polar surface area (TPSA) is 107 Å². The lowest BCUT2D eigenvalue weighted by molar-refractivity contribution is -0.137. The van der Waals surface area contributed by atoms with E-state index < -0.39 is 11.9 Å². The summed E-state index contributed by atoms with van der Waals surface area (Å²) in [5.74, 6) is -0.819. The number of carboxylic acids is 1. The molecule has 0 unspecified atom stereocenters. The molecule has 0 saturated heterocycles. The smallest absolute Gasteiger partial charge is 0.323 e. The SMILES string of the molecule is CCCN(CC(=O)O)C(=O)c1nn(-c2ccc(OCCOC)cc2)nc1C. The van der Waals surface area contributed by atoms with Crippen molar-refractivity contribution in [2.75, 3.05) is 33.4 Å². The van der Waals surface area contributed by atoms with Crippen LogP contribution in [0.3, 0.4) is 0 Å². The maximum absolute atomic E-state index is 12.7. The molecule has 0 aliphatic heterocycles. The van der Waals surface area contributed by atoms with Crippen molar-refractivity contribution >= 4 is 11.9 Å². The van der Waals surface area contributed by atoms with Gasteiger partial charge < -0.3 is 19.5 Å². The predicted molar refractivity (Wildman–Crippen MR) is 97.3 cm³/mol. The normalized spacial score (nSPS) is 10.6. The fraction of sp³-hybridized carbons (Fsp3) is 0.444. The van der Waals surface area contributed by atoms with Crippen LogP contribution in [0, 0.1) is 6.92 Å². The third-order valence-electron chi connectivity index (χ3n) is 3.72. The van der Waals surface area contributed by atoms with E-state index in [4.69, 9.17) is 14.6 Å². The molecule has 0 aliphatic rings. The van der Waals surface area contributed by atoms with Gasteiger partial charge in [0.15, 0.2) is 5.69 Å². The highest BCUT2D eigenvalue weighted by atomic mass is 16.5. The summed E-state index contributed by atoms with van der Waals surface area (Å²) in [6.45, 7) is 4.46. The van der Waals surface area contributed by atoms with Gasteiger partial charge in [0.25, 0.3) is 5.91 Å². The van der Waals surface area contributed by atoms with E-state index in [1.807, 2.05) is 6.92 Å². The van der Waals surface area contributed by atoms with Crippen LogP contribution >= 0.6 is 0 Å². The molecule has 1 aromatic heterocycles. The third kappa shape index (κ3) is 5.52. The number of hydrogen-bond donors (Lipinski definition) is 1. The van der Waals surface area contributed by atoms with E-state index in [1.54, 1.807) is 38.3 Å². The summed E-state index contributed by atoms with van der Waals surface area (Å²) in [6.07, 6.45) is 0.650. The molecular formula is C18H24N4O5. The van der Waals surface area contributed by atoms with Crippen molar-refractivity contribution in [1.82, 2.24) is 19.9 Å². The Balaban J connectivity index is 2.17. The van der Waals surface area contributed by atoms with Gasteiger partial charge >= 0.3 is 5.97 Å². The first-order valence-corrected chi connectivity index (χ1v) is 8.63. The van der Waals surface area contributed by atoms with E-state index in [1.165, 1.54) is 9.70 Å². The molecule has 9 nitrogen and oxygen atoms in total. The van der Waals surface area contributed by atoms with Crippen LogP contribution in [0.2, 0.25) is 0 Å². The molecule has 146 valence electrons. The molecule has 1 aromatic carbocycles. The molecule has 1 amide bonds. The lowest BCUT2D eigenvalue weighted by Crippen LogP contribution is -2.36. The van der Waals surface area contributed by atoms with Gasteiger partial charge in [-0.15, -0.1) is 5.10 Å². The highest BCUT2D eigenvalue weighted by Crippen LogP contribution is 2.16. The van der Waals surface area contributed by atoms with Gasteiger partial charge in [0.2, 0.25) is 0 Å². The van der Waals surface area contributed by atoms with Crippen molar-refractivity contribution in [1.29, 1.82) is 0 Å². The molecule has 0 radical (unpaired) electrons. The Bertz CT molecular complexity index is 773. The molecule has 2 rings (SSSR count). The monoisotopic (exact) mass is 376 g/mol. The molecule has 1 N–H and O–H groups in total. The zero-order valence-electron chi connectivity index (χ0n) is 15.7. The zero-order valence-corrected chi connectivity index (χ0v) is 15.7. The first kappa shape index (κ1) is 20.4. The minimum Gasteiger partial charge on any atom is -0.491 e. The number of ether oxygens (including phenoxy) is 2. The van der Waals surface area contributed by atoms with Gasteiger partial charge in [-0.3, -0.25) is 9.59 Å². The molecule has 0 aliphatic carbocycles. The van der Waals surface area contributed by atoms with Crippen LogP contribution in [0.25, 0.3) is 5.69 Å². The number of nitrogens with zero attached hydrogens (tertiary/aromatic N) is 4. The largest absolute Gasteiger partial charge is 0.491 e. The highest BCUT2D eigenvalue weighted by molar-refractivity contribution is 5.94. The number of aromatic nitrogens is 3. The van der Waals surface area contributed by atoms with Crippen molar-refractivity contribution < 1.29 is 24.2 Å². The Hall–Kier alpha value is -2.94. The molecule has 0 spiro atoms. The minimum absolute atomic E-state index is 0.144. The van der Waals surface area contributed by atoms with Gasteiger partial charge in [-0.25, -0.2) is 0 Å². The maximum atomic E-state index is 12.7. The lowest BCUT2D eigenvalue weighted by atomic mass is 10.3. The summed E-state index contributed by atoms with van der Waals surface area (Å²) in [5.41, 5.74) is 1.24. The number of benzene rings is 1. The average Bonchev–Trinajstić information content (AvgIpc) is 3.03. The maximum Gasteiger partial charge on any atom is 0.323 e. The van der Waals surface area contributed by atoms with Gasteiger partial charge in [-0.1, -0.05) is 6.92 Å². The van der Waals surface area contributed by atoms with Gasteiger partial charge in [0, 0.05) is 13.7 Å². The van der Waals surface area contributed by atoms with Crippen LogP contribution in [-0.2, 0) is 9.53 Å². The van der Waals surface area contributed by atoms with Crippen LogP contribution in [0.4, 0.5) is 0 Å². The van der Waals surface area contributed by atoms with Gasteiger partial charge in [-0.05, 0) is 37.6 Å². The number of methoxy groups -OCH3 is 1. The van der Waals surface area contributed by atoms with E-state index in [0.717, 1.165) is 0 Å². The first-order chi connectivity index (χ1) is 13.0. The second-order valence-corrected chi connectivity index (χ2v) is 5.88. The molecule has 2 aromatic rings. The molecular weight excluding hydrogens is 352 g/mol.